The zero-order chi connectivity index (χ0) is 10.9. The predicted octanol–water partition coefficient (Wildman–Crippen LogP) is 4.24. The summed E-state index contributed by atoms with van der Waals surface area (Å²) in [5, 5.41) is 11.2. The van der Waals surface area contributed by atoms with Crippen molar-refractivity contribution in [2.24, 2.45) is 0 Å². The Balaban J connectivity index is 3.37. The van der Waals surface area contributed by atoms with Gasteiger partial charge >= 0.3 is 0 Å². The Hall–Kier alpha value is -0.210. The Morgan fingerprint density at radius 2 is 1.93 bits per heavy atom. The van der Waals surface area contributed by atoms with Gasteiger partial charge in [0, 0.05) is 21.5 Å². The van der Waals surface area contributed by atoms with Crippen molar-refractivity contribution in [2.75, 3.05) is 0 Å². The highest BCUT2D eigenvalue weighted by Crippen LogP contribution is 2.36. The number of aromatic hydroxyl groups is 1. The van der Waals surface area contributed by atoms with Gasteiger partial charge < -0.3 is 5.11 Å². The Kier molecular flexibility index (Phi) is 3.49. The molecule has 0 aliphatic rings. The number of halogens is 2. The Bertz CT molecular complexity index is 342. The molecule has 3 heteroatoms. The molecular formula is C11H14BrClO. The van der Waals surface area contributed by atoms with E-state index >= 15 is 0 Å². The Morgan fingerprint density at radius 3 is 2.36 bits per heavy atom. The van der Waals surface area contributed by atoms with Gasteiger partial charge in [-0.15, -0.1) is 0 Å². The van der Waals surface area contributed by atoms with E-state index in [1.54, 1.807) is 6.07 Å². The Morgan fingerprint density at radius 1 is 1.36 bits per heavy atom. The first-order chi connectivity index (χ1) is 6.36. The van der Waals surface area contributed by atoms with E-state index in [2.05, 4.69) is 36.7 Å². The molecule has 0 heterocycles. The topological polar surface area (TPSA) is 20.2 Å². The first-order valence-electron chi connectivity index (χ1n) is 4.44. The molecule has 1 aromatic carbocycles. The second-order valence-corrected chi connectivity index (χ2v) is 5.34. The first-order valence-corrected chi connectivity index (χ1v) is 5.94. The minimum atomic E-state index is -0.0914. The van der Waals surface area contributed by atoms with Crippen LogP contribution in [0.2, 0.25) is 5.02 Å². The highest BCUT2D eigenvalue weighted by Gasteiger charge is 2.20. The lowest BCUT2D eigenvalue weighted by molar-refractivity contribution is 0.442. The highest BCUT2D eigenvalue weighted by atomic mass is 79.9. The van der Waals surface area contributed by atoms with E-state index in [9.17, 15) is 5.11 Å². The summed E-state index contributed by atoms with van der Waals surface area (Å²) in [7, 11) is 0. The molecule has 0 unspecified atom stereocenters. The van der Waals surface area contributed by atoms with Gasteiger partial charge in [-0.2, -0.15) is 0 Å². The third-order valence-corrected chi connectivity index (χ3v) is 2.93. The van der Waals surface area contributed by atoms with Gasteiger partial charge in [-0.1, -0.05) is 48.3 Å². The van der Waals surface area contributed by atoms with Crippen LogP contribution in [0.4, 0.5) is 0 Å². The fourth-order valence-electron chi connectivity index (χ4n) is 1.33. The van der Waals surface area contributed by atoms with Crippen molar-refractivity contribution >= 4 is 27.5 Å². The quantitative estimate of drug-likeness (QED) is 0.761. The van der Waals surface area contributed by atoms with Crippen molar-refractivity contribution in [2.45, 2.75) is 31.5 Å². The molecule has 0 atom stereocenters. The van der Waals surface area contributed by atoms with Crippen LogP contribution in [0, 0.1) is 0 Å². The molecule has 0 aromatic heterocycles. The summed E-state index contributed by atoms with van der Waals surface area (Å²) in [4.78, 5) is 0. The summed E-state index contributed by atoms with van der Waals surface area (Å²) in [5.74, 6) is 0.346. The van der Waals surface area contributed by atoms with Crippen LogP contribution >= 0.6 is 27.5 Å². The maximum absolute atomic E-state index is 9.96. The highest BCUT2D eigenvalue weighted by molar-refractivity contribution is 9.08. The van der Waals surface area contributed by atoms with Crippen molar-refractivity contribution < 1.29 is 5.11 Å². The van der Waals surface area contributed by atoms with Crippen LogP contribution in [0.15, 0.2) is 12.1 Å². The summed E-state index contributed by atoms with van der Waals surface area (Å²) < 4.78 is 0. The summed E-state index contributed by atoms with van der Waals surface area (Å²) in [6.45, 7) is 6.16. The largest absolute Gasteiger partial charge is 0.507 e. The van der Waals surface area contributed by atoms with Crippen molar-refractivity contribution in [1.82, 2.24) is 0 Å². The van der Waals surface area contributed by atoms with E-state index < -0.39 is 0 Å². The maximum atomic E-state index is 9.96. The summed E-state index contributed by atoms with van der Waals surface area (Å²) in [5.41, 5.74) is 1.63. The second kappa shape index (κ2) is 4.11. The predicted molar refractivity (Wildman–Crippen MR) is 64.4 cm³/mol. The fourth-order valence-corrected chi connectivity index (χ4v) is 2.00. The zero-order valence-corrected chi connectivity index (χ0v) is 10.9. The van der Waals surface area contributed by atoms with Crippen molar-refractivity contribution in [3.8, 4) is 5.75 Å². The third-order valence-electron chi connectivity index (χ3n) is 2.11. The minimum absolute atomic E-state index is 0.0914. The number of phenolic OH excluding ortho intramolecular Hbond substituents is 1. The molecule has 0 aliphatic heterocycles. The molecule has 1 N–H and O–H groups in total. The van der Waals surface area contributed by atoms with E-state index in [0.717, 1.165) is 11.1 Å². The molecule has 1 rings (SSSR count). The summed E-state index contributed by atoms with van der Waals surface area (Å²) in [6.07, 6.45) is 0. The third kappa shape index (κ3) is 2.43. The molecule has 0 fully saturated rings. The number of rotatable bonds is 1. The number of hydrogen-bond acceptors (Lipinski definition) is 1. The van der Waals surface area contributed by atoms with Gasteiger partial charge in [0.2, 0.25) is 0 Å². The van der Waals surface area contributed by atoms with Crippen LogP contribution in [0.25, 0.3) is 0 Å². The molecule has 0 saturated heterocycles. The second-order valence-electron chi connectivity index (χ2n) is 4.34. The lowest BCUT2D eigenvalue weighted by Crippen LogP contribution is -2.12. The SMILES string of the molecule is CC(C)(C)c1cc(Cl)cc(CBr)c1O. The van der Waals surface area contributed by atoms with Gasteiger partial charge in [-0.25, -0.2) is 0 Å². The average molecular weight is 278 g/mol. The van der Waals surface area contributed by atoms with Gasteiger partial charge in [0.15, 0.2) is 0 Å². The molecule has 0 bridgehead atoms. The van der Waals surface area contributed by atoms with Crippen molar-refractivity contribution in [3.05, 3.63) is 28.3 Å². The first kappa shape index (κ1) is 11.9. The lowest BCUT2D eigenvalue weighted by atomic mass is 9.85. The van der Waals surface area contributed by atoms with Gasteiger partial charge in [0.05, 0.1) is 0 Å². The van der Waals surface area contributed by atoms with Crippen molar-refractivity contribution in [3.63, 3.8) is 0 Å². The average Bonchev–Trinajstić information content (AvgIpc) is 2.06. The van der Waals surface area contributed by atoms with Gasteiger partial charge in [0.25, 0.3) is 0 Å². The lowest BCUT2D eigenvalue weighted by Gasteiger charge is -2.22. The van der Waals surface area contributed by atoms with Gasteiger partial charge in [-0.3, -0.25) is 0 Å². The van der Waals surface area contributed by atoms with E-state index in [1.807, 2.05) is 6.07 Å². The number of benzene rings is 1. The van der Waals surface area contributed by atoms with Crippen LogP contribution in [0.1, 0.15) is 31.9 Å². The van der Waals surface area contributed by atoms with Crippen LogP contribution in [0.3, 0.4) is 0 Å². The molecule has 0 saturated carbocycles. The van der Waals surface area contributed by atoms with Crippen LogP contribution in [-0.2, 0) is 10.7 Å². The molecule has 14 heavy (non-hydrogen) atoms. The molecular weight excluding hydrogens is 263 g/mol. The van der Waals surface area contributed by atoms with Gasteiger partial charge in [-0.05, 0) is 17.5 Å². The van der Waals surface area contributed by atoms with Crippen molar-refractivity contribution in [1.29, 1.82) is 0 Å². The zero-order valence-electron chi connectivity index (χ0n) is 8.56. The summed E-state index contributed by atoms with van der Waals surface area (Å²) in [6, 6.07) is 3.60. The van der Waals surface area contributed by atoms with E-state index in [4.69, 9.17) is 11.6 Å². The van der Waals surface area contributed by atoms with E-state index in [0.29, 0.717) is 16.1 Å². The molecule has 1 nitrogen and oxygen atoms in total. The van der Waals surface area contributed by atoms with E-state index in [1.165, 1.54) is 0 Å². The standard InChI is InChI=1S/C11H14BrClO/c1-11(2,3)9-5-8(13)4-7(6-12)10(9)14/h4-5,14H,6H2,1-3H3. The molecule has 0 spiro atoms. The molecule has 0 radical (unpaired) electrons. The number of hydrogen-bond donors (Lipinski definition) is 1. The smallest absolute Gasteiger partial charge is 0.123 e. The Labute approximate surface area is 98.2 Å². The number of phenols is 1. The molecule has 1 aromatic rings. The van der Waals surface area contributed by atoms with Gasteiger partial charge in [0.1, 0.15) is 5.75 Å². The fraction of sp³-hybridized carbons (Fsp3) is 0.455. The normalized spacial score (nSPS) is 11.8. The molecule has 0 amide bonds. The van der Waals surface area contributed by atoms with Crippen LogP contribution in [-0.4, -0.2) is 5.11 Å². The molecule has 78 valence electrons. The minimum Gasteiger partial charge on any atom is -0.507 e. The maximum Gasteiger partial charge on any atom is 0.123 e. The van der Waals surface area contributed by atoms with E-state index in [-0.39, 0.29) is 5.41 Å². The number of alkyl halides is 1. The van der Waals surface area contributed by atoms with Crippen LogP contribution < -0.4 is 0 Å². The summed E-state index contributed by atoms with van der Waals surface area (Å²) >= 11 is 9.30. The molecule has 0 aliphatic carbocycles. The monoisotopic (exact) mass is 276 g/mol. The van der Waals surface area contributed by atoms with Crippen LogP contribution in [0.5, 0.6) is 5.75 Å².